The van der Waals surface area contributed by atoms with E-state index in [0.29, 0.717) is 23.8 Å². The number of piperidine rings is 1. The van der Waals surface area contributed by atoms with E-state index >= 15 is 8.78 Å². The molecule has 0 bridgehead atoms. The predicted molar refractivity (Wildman–Crippen MR) is 126 cm³/mol. The third kappa shape index (κ3) is 4.80. The van der Waals surface area contributed by atoms with Crippen LogP contribution < -0.4 is 5.32 Å². The van der Waals surface area contributed by atoms with E-state index in [4.69, 9.17) is 16.3 Å². The Morgan fingerprint density at radius 3 is 2.69 bits per heavy atom. The van der Waals surface area contributed by atoms with E-state index in [-0.39, 0.29) is 49.1 Å². The quantitative estimate of drug-likeness (QED) is 0.503. The Balaban J connectivity index is 1.75. The van der Waals surface area contributed by atoms with Crippen LogP contribution in [0.15, 0.2) is 30.5 Å². The number of amides is 1. The van der Waals surface area contributed by atoms with Crippen LogP contribution in [0.25, 0.3) is 0 Å². The van der Waals surface area contributed by atoms with Crippen LogP contribution in [0.3, 0.4) is 0 Å². The third-order valence-corrected chi connectivity index (χ3v) is 7.12. The topological polar surface area (TPSA) is 94.9 Å². The van der Waals surface area contributed by atoms with Crippen molar-refractivity contribution in [1.29, 1.82) is 0 Å². The molecule has 10 heteroatoms. The summed E-state index contributed by atoms with van der Waals surface area (Å²) >= 11 is 5.91. The van der Waals surface area contributed by atoms with E-state index < -0.39 is 35.3 Å². The van der Waals surface area contributed by atoms with Gasteiger partial charge in [0.2, 0.25) is 0 Å². The second kappa shape index (κ2) is 10.1. The minimum absolute atomic E-state index is 0.000690. The largest absolute Gasteiger partial charge is 0.391 e. The standard InChI is InChI=1S/C25H30ClF2N3O4/c1-3-25(34,24(28)6-8-29-9-7-24)16-10-19-21(20(27)11-16)23(35-14-15(2)32)31(22(19)33)13-18-5-4-17(26)12-30-18/h4-5,10-12,15,23,29,32,34H,3,6-9,13-14H2,1-2H3/t15-,23-,25?/m1/s1. The fraction of sp³-hybridized carbons (Fsp3) is 0.520. The number of carbonyl (C=O) groups excluding carboxylic acids is 1. The van der Waals surface area contributed by atoms with E-state index in [1.165, 1.54) is 24.1 Å². The molecule has 190 valence electrons. The summed E-state index contributed by atoms with van der Waals surface area (Å²) in [6.45, 7) is 3.81. The van der Waals surface area contributed by atoms with Crippen LogP contribution >= 0.6 is 11.6 Å². The number of nitrogens with zero attached hydrogens (tertiary/aromatic N) is 2. The number of rotatable bonds is 8. The van der Waals surface area contributed by atoms with Gasteiger partial charge in [-0.2, -0.15) is 0 Å². The van der Waals surface area contributed by atoms with Gasteiger partial charge in [-0.15, -0.1) is 0 Å². The van der Waals surface area contributed by atoms with Crippen molar-refractivity contribution in [3.63, 3.8) is 0 Å². The molecule has 3 N–H and O–H groups in total. The molecular formula is C25H30ClF2N3O4. The molecule has 4 rings (SSSR count). The Hall–Kier alpha value is -2.17. The highest BCUT2D eigenvalue weighted by Gasteiger charge is 2.53. The van der Waals surface area contributed by atoms with Crippen LogP contribution in [0.1, 0.15) is 66.5 Å². The van der Waals surface area contributed by atoms with E-state index in [0.717, 1.165) is 6.07 Å². The van der Waals surface area contributed by atoms with Gasteiger partial charge in [-0.25, -0.2) is 8.78 Å². The van der Waals surface area contributed by atoms with Crippen molar-refractivity contribution < 1.29 is 28.5 Å². The van der Waals surface area contributed by atoms with Crippen molar-refractivity contribution in [2.45, 2.75) is 63.3 Å². The van der Waals surface area contributed by atoms with Gasteiger partial charge in [0.05, 0.1) is 35.5 Å². The molecule has 2 aliphatic rings. The highest BCUT2D eigenvalue weighted by Crippen LogP contribution is 2.47. The number of aliphatic hydroxyl groups excluding tert-OH is 1. The smallest absolute Gasteiger partial charge is 0.257 e. The van der Waals surface area contributed by atoms with Gasteiger partial charge in [-0.1, -0.05) is 18.5 Å². The zero-order chi connectivity index (χ0) is 25.4. The number of aliphatic hydroxyl groups is 2. The number of halogens is 3. The lowest BCUT2D eigenvalue weighted by molar-refractivity contribution is -0.127. The number of alkyl halides is 1. The summed E-state index contributed by atoms with van der Waals surface area (Å²) < 4.78 is 37.4. The highest BCUT2D eigenvalue weighted by molar-refractivity contribution is 6.30. The first kappa shape index (κ1) is 25.9. The first-order valence-corrected chi connectivity index (χ1v) is 12.1. The van der Waals surface area contributed by atoms with Crippen LogP contribution in [0.4, 0.5) is 8.78 Å². The fourth-order valence-electron chi connectivity index (χ4n) is 4.95. The maximum atomic E-state index is 16.0. The minimum atomic E-state index is -1.97. The number of carbonyl (C=O) groups is 1. The Bertz CT molecular complexity index is 1080. The summed E-state index contributed by atoms with van der Waals surface area (Å²) in [5, 5.41) is 24.7. The zero-order valence-electron chi connectivity index (χ0n) is 19.7. The number of fused-ring (bicyclic) bond motifs is 1. The molecule has 1 amide bonds. The Morgan fingerprint density at radius 2 is 2.09 bits per heavy atom. The molecule has 3 heterocycles. The zero-order valence-corrected chi connectivity index (χ0v) is 20.5. The molecule has 3 atom stereocenters. The second-order valence-corrected chi connectivity index (χ2v) is 9.72. The predicted octanol–water partition coefficient (Wildman–Crippen LogP) is 3.62. The molecule has 35 heavy (non-hydrogen) atoms. The summed E-state index contributed by atoms with van der Waals surface area (Å²) in [6, 6.07) is 5.75. The molecule has 1 unspecified atom stereocenters. The molecule has 0 spiro atoms. The van der Waals surface area contributed by atoms with E-state index in [1.807, 2.05) is 0 Å². The van der Waals surface area contributed by atoms with Gasteiger partial charge in [-0.05, 0) is 69.1 Å². The lowest BCUT2D eigenvalue weighted by atomic mass is 9.71. The Kier molecular flexibility index (Phi) is 7.45. The van der Waals surface area contributed by atoms with Gasteiger partial charge in [0.1, 0.15) is 17.1 Å². The molecule has 1 aromatic heterocycles. The van der Waals surface area contributed by atoms with E-state index in [9.17, 15) is 15.0 Å². The summed E-state index contributed by atoms with van der Waals surface area (Å²) in [5.41, 5.74) is -3.42. The van der Waals surface area contributed by atoms with Crippen molar-refractivity contribution in [2.75, 3.05) is 19.7 Å². The molecule has 1 aromatic carbocycles. The molecular weight excluding hydrogens is 480 g/mol. The first-order valence-electron chi connectivity index (χ1n) is 11.8. The number of ether oxygens (including phenoxy) is 1. The normalized spacial score (nSPS) is 22.1. The molecule has 0 saturated carbocycles. The molecule has 7 nitrogen and oxygen atoms in total. The molecule has 1 fully saturated rings. The van der Waals surface area contributed by atoms with Gasteiger partial charge in [-0.3, -0.25) is 9.78 Å². The van der Waals surface area contributed by atoms with Crippen LogP contribution in [-0.2, 0) is 16.9 Å². The first-order chi connectivity index (χ1) is 16.6. The SMILES string of the molecule is CCC(O)(c1cc(F)c2c(c1)C(=O)N(Cc1ccc(Cl)cn1)[C@@H]2OC[C@@H](C)O)C1(F)CCNCC1. The average Bonchev–Trinajstić information content (AvgIpc) is 3.10. The number of pyridine rings is 1. The van der Waals surface area contributed by atoms with E-state index in [1.54, 1.807) is 19.1 Å². The van der Waals surface area contributed by atoms with Crippen molar-refractivity contribution in [2.24, 2.45) is 0 Å². The summed E-state index contributed by atoms with van der Waals surface area (Å²) in [4.78, 5) is 19.0. The van der Waals surface area contributed by atoms with Crippen molar-refractivity contribution in [3.8, 4) is 0 Å². The summed E-state index contributed by atoms with van der Waals surface area (Å²) in [6.07, 6.45) is -0.376. The highest BCUT2D eigenvalue weighted by atomic mass is 35.5. The Morgan fingerprint density at radius 1 is 1.37 bits per heavy atom. The lowest BCUT2D eigenvalue weighted by Crippen LogP contribution is -2.53. The van der Waals surface area contributed by atoms with Gasteiger partial charge in [0.15, 0.2) is 6.23 Å². The van der Waals surface area contributed by atoms with E-state index in [2.05, 4.69) is 10.3 Å². The van der Waals surface area contributed by atoms with Crippen LogP contribution in [-0.4, -0.2) is 57.5 Å². The fourth-order valence-corrected chi connectivity index (χ4v) is 5.06. The number of hydrogen-bond acceptors (Lipinski definition) is 6. The van der Waals surface area contributed by atoms with Gasteiger partial charge in [0, 0.05) is 11.8 Å². The van der Waals surface area contributed by atoms with Gasteiger partial charge >= 0.3 is 0 Å². The minimum Gasteiger partial charge on any atom is -0.391 e. The summed E-state index contributed by atoms with van der Waals surface area (Å²) in [7, 11) is 0. The van der Waals surface area contributed by atoms with Crippen LogP contribution in [0.5, 0.6) is 0 Å². The maximum Gasteiger partial charge on any atom is 0.257 e. The van der Waals surface area contributed by atoms with Crippen molar-refractivity contribution in [1.82, 2.24) is 15.2 Å². The van der Waals surface area contributed by atoms with Crippen LogP contribution in [0.2, 0.25) is 5.02 Å². The van der Waals surface area contributed by atoms with Crippen molar-refractivity contribution >= 4 is 17.5 Å². The van der Waals surface area contributed by atoms with Gasteiger partial charge in [0.25, 0.3) is 5.91 Å². The van der Waals surface area contributed by atoms with Crippen molar-refractivity contribution in [3.05, 3.63) is 63.7 Å². The second-order valence-electron chi connectivity index (χ2n) is 9.28. The molecule has 0 radical (unpaired) electrons. The van der Waals surface area contributed by atoms with Crippen LogP contribution in [0, 0.1) is 5.82 Å². The number of hydrogen-bond donors (Lipinski definition) is 3. The third-order valence-electron chi connectivity index (χ3n) is 6.89. The monoisotopic (exact) mass is 509 g/mol. The van der Waals surface area contributed by atoms with Gasteiger partial charge < -0.3 is 25.2 Å². The summed E-state index contributed by atoms with van der Waals surface area (Å²) in [5.74, 6) is -1.32. The molecule has 1 saturated heterocycles. The molecule has 2 aromatic rings. The maximum absolute atomic E-state index is 16.0. The number of nitrogens with one attached hydrogen (secondary N) is 1. The lowest BCUT2D eigenvalue weighted by Gasteiger charge is -2.44. The number of aromatic nitrogens is 1. The Labute approximate surface area is 208 Å². The molecule has 2 aliphatic heterocycles. The molecule has 0 aliphatic carbocycles. The number of benzene rings is 1. The average molecular weight is 510 g/mol.